The van der Waals surface area contributed by atoms with Crippen molar-refractivity contribution in [3.63, 3.8) is 0 Å². The molecule has 1 atom stereocenters. The summed E-state index contributed by atoms with van der Waals surface area (Å²) in [5.41, 5.74) is 12.3. The predicted molar refractivity (Wildman–Crippen MR) is 78.2 cm³/mol. The summed E-state index contributed by atoms with van der Waals surface area (Å²) in [6, 6.07) is 4.73. The number of aromatic nitrogens is 2. The number of rotatable bonds is 1. The zero-order chi connectivity index (χ0) is 13.6. The van der Waals surface area contributed by atoms with Crippen LogP contribution < -0.4 is 5.73 Å². The molecular weight excluding hydrogens is 234 g/mol. The SMILES string of the molecule is Cc1cc(C)c(-c2cn3c(n2)CCC(N)C3)c(C)c1. The molecule has 0 fully saturated rings. The first-order chi connectivity index (χ1) is 9.04. The van der Waals surface area contributed by atoms with E-state index in [0.717, 1.165) is 25.1 Å². The largest absolute Gasteiger partial charge is 0.333 e. The summed E-state index contributed by atoms with van der Waals surface area (Å²) >= 11 is 0. The van der Waals surface area contributed by atoms with Crippen molar-refractivity contribution < 1.29 is 0 Å². The van der Waals surface area contributed by atoms with Crippen LogP contribution in [0.4, 0.5) is 0 Å². The van der Waals surface area contributed by atoms with E-state index in [2.05, 4.69) is 43.7 Å². The Kier molecular flexibility index (Phi) is 2.94. The molecule has 1 aromatic carbocycles. The van der Waals surface area contributed by atoms with Crippen molar-refractivity contribution in [2.75, 3.05) is 0 Å². The first-order valence-corrected chi connectivity index (χ1v) is 6.94. The molecule has 3 heteroatoms. The maximum absolute atomic E-state index is 6.03. The molecule has 1 aliphatic heterocycles. The summed E-state index contributed by atoms with van der Waals surface area (Å²) in [7, 11) is 0. The summed E-state index contributed by atoms with van der Waals surface area (Å²) in [6.45, 7) is 7.37. The zero-order valence-corrected chi connectivity index (χ0v) is 11.9. The van der Waals surface area contributed by atoms with Crippen molar-refractivity contribution in [1.29, 1.82) is 0 Å². The fraction of sp³-hybridized carbons (Fsp3) is 0.438. The number of fused-ring (bicyclic) bond motifs is 1. The first-order valence-electron chi connectivity index (χ1n) is 6.94. The highest BCUT2D eigenvalue weighted by molar-refractivity contribution is 5.68. The van der Waals surface area contributed by atoms with Gasteiger partial charge in [0.25, 0.3) is 0 Å². The monoisotopic (exact) mass is 255 g/mol. The molecule has 2 N–H and O–H groups in total. The maximum atomic E-state index is 6.03. The van der Waals surface area contributed by atoms with Crippen molar-refractivity contribution >= 4 is 0 Å². The summed E-state index contributed by atoms with van der Waals surface area (Å²) in [5.74, 6) is 1.18. The van der Waals surface area contributed by atoms with E-state index in [1.54, 1.807) is 0 Å². The van der Waals surface area contributed by atoms with E-state index in [1.165, 1.54) is 28.1 Å². The third-order valence-corrected chi connectivity index (χ3v) is 3.96. The van der Waals surface area contributed by atoms with E-state index in [9.17, 15) is 0 Å². The third-order valence-electron chi connectivity index (χ3n) is 3.96. The zero-order valence-electron chi connectivity index (χ0n) is 11.9. The van der Waals surface area contributed by atoms with Crippen molar-refractivity contribution in [3.8, 4) is 11.3 Å². The highest BCUT2D eigenvalue weighted by Crippen LogP contribution is 2.29. The van der Waals surface area contributed by atoms with Crippen LogP contribution in [0.3, 0.4) is 0 Å². The molecule has 19 heavy (non-hydrogen) atoms. The minimum absolute atomic E-state index is 0.273. The van der Waals surface area contributed by atoms with E-state index < -0.39 is 0 Å². The van der Waals surface area contributed by atoms with Gasteiger partial charge in [0.05, 0.1) is 5.69 Å². The Labute approximate surface area is 114 Å². The molecule has 3 rings (SSSR count). The smallest absolute Gasteiger partial charge is 0.109 e. The summed E-state index contributed by atoms with van der Waals surface area (Å²) < 4.78 is 2.22. The first kappa shape index (κ1) is 12.4. The lowest BCUT2D eigenvalue weighted by Gasteiger charge is -2.19. The molecule has 0 radical (unpaired) electrons. The number of benzene rings is 1. The van der Waals surface area contributed by atoms with Gasteiger partial charge in [0.15, 0.2) is 0 Å². The average molecular weight is 255 g/mol. The van der Waals surface area contributed by atoms with Crippen molar-refractivity contribution in [1.82, 2.24) is 9.55 Å². The molecular formula is C16H21N3. The standard InChI is InChI=1S/C16H21N3/c1-10-6-11(2)16(12(3)7-10)14-9-19-8-13(17)4-5-15(19)18-14/h6-7,9,13H,4-5,8,17H2,1-3H3. The normalized spacial score (nSPS) is 18.4. The van der Waals surface area contributed by atoms with Crippen LogP contribution in [0, 0.1) is 20.8 Å². The minimum atomic E-state index is 0.273. The number of imidazole rings is 1. The summed E-state index contributed by atoms with van der Waals surface area (Å²) in [6.07, 6.45) is 4.20. The van der Waals surface area contributed by atoms with E-state index in [4.69, 9.17) is 10.7 Å². The Bertz CT molecular complexity index is 602. The maximum Gasteiger partial charge on any atom is 0.109 e. The number of hydrogen-bond acceptors (Lipinski definition) is 2. The number of nitrogens with zero attached hydrogens (tertiary/aromatic N) is 2. The molecule has 1 aromatic heterocycles. The van der Waals surface area contributed by atoms with Gasteiger partial charge in [0.2, 0.25) is 0 Å². The Morgan fingerprint density at radius 1 is 1.21 bits per heavy atom. The minimum Gasteiger partial charge on any atom is -0.333 e. The van der Waals surface area contributed by atoms with Crippen LogP contribution in [0.25, 0.3) is 11.3 Å². The van der Waals surface area contributed by atoms with Crippen LogP contribution >= 0.6 is 0 Å². The molecule has 0 amide bonds. The highest BCUT2D eigenvalue weighted by Gasteiger charge is 2.19. The molecule has 0 saturated carbocycles. The Morgan fingerprint density at radius 3 is 2.58 bits per heavy atom. The van der Waals surface area contributed by atoms with E-state index in [-0.39, 0.29) is 6.04 Å². The van der Waals surface area contributed by atoms with Gasteiger partial charge < -0.3 is 10.3 Å². The van der Waals surface area contributed by atoms with Gasteiger partial charge >= 0.3 is 0 Å². The van der Waals surface area contributed by atoms with Gasteiger partial charge in [-0.15, -0.1) is 0 Å². The summed E-state index contributed by atoms with van der Waals surface area (Å²) in [5, 5.41) is 0. The second-order valence-corrected chi connectivity index (χ2v) is 5.77. The molecule has 1 aliphatic rings. The molecule has 100 valence electrons. The Balaban J connectivity index is 2.09. The number of hydrogen-bond donors (Lipinski definition) is 1. The van der Waals surface area contributed by atoms with Gasteiger partial charge in [-0.2, -0.15) is 0 Å². The van der Waals surface area contributed by atoms with Gasteiger partial charge in [-0.1, -0.05) is 17.7 Å². The lowest BCUT2D eigenvalue weighted by Crippen LogP contribution is -2.31. The quantitative estimate of drug-likeness (QED) is 0.851. The molecule has 0 spiro atoms. The van der Waals surface area contributed by atoms with E-state index >= 15 is 0 Å². The van der Waals surface area contributed by atoms with Gasteiger partial charge in [0, 0.05) is 30.8 Å². The molecule has 2 aromatic rings. The second-order valence-electron chi connectivity index (χ2n) is 5.77. The molecule has 0 saturated heterocycles. The van der Waals surface area contributed by atoms with Gasteiger partial charge in [0.1, 0.15) is 5.82 Å². The van der Waals surface area contributed by atoms with Crippen molar-refractivity contribution in [2.24, 2.45) is 5.73 Å². The Hall–Kier alpha value is -1.61. The fourth-order valence-electron chi connectivity index (χ4n) is 3.17. The molecule has 1 unspecified atom stereocenters. The van der Waals surface area contributed by atoms with Crippen LogP contribution in [-0.2, 0) is 13.0 Å². The van der Waals surface area contributed by atoms with Crippen LogP contribution in [0.5, 0.6) is 0 Å². The van der Waals surface area contributed by atoms with E-state index in [1.807, 2.05) is 0 Å². The molecule has 2 heterocycles. The topological polar surface area (TPSA) is 43.8 Å². The lowest BCUT2D eigenvalue weighted by atomic mass is 9.98. The van der Waals surface area contributed by atoms with Gasteiger partial charge in [-0.3, -0.25) is 0 Å². The Morgan fingerprint density at radius 2 is 1.89 bits per heavy atom. The molecule has 0 aliphatic carbocycles. The van der Waals surface area contributed by atoms with Crippen LogP contribution in [0.1, 0.15) is 28.9 Å². The number of aryl methyl sites for hydroxylation is 4. The summed E-state index contributed by atoms with van der Waals surface area (Å²) in [4.78, 5) is 4.81. The van der Waals surface area contributed by atoms with Crippen molar-refractivity contribution in [3.05, 3.63) is 40.8 Å². The van der Waals surface area contributed by atoms with Crippen LogP contribution in [0.2, 0.25) is 0 Å². The number of nitrogens with two attached hydrogens (primary N) is 1. The molecule has 3 nitrogen and oxygen atoms in total. The van der Waals surface area contributed by atoms with Crippen LogP contribution in [0.15, 0.2) is 18.3 Å². The predicted octanol–water partition coefficient (Wildman–Crippen LogP) is 2.75. The highest BCUT2D eigenvalue weighted by atomic mass is 15.1. The molecule has 0 bridgehead atoms. The van der Waals surface area contributed by atoms with Gasteiger partial charge in [-0.25, -0.2) is 4.98 Å². The average Bonchev–Trinajstić information content (AvgIpc) is 2.69. The lowest BCUT2D eigenvalue weighted by molar-refractivity contribution is 0.453. The third kappa shape index (κ3) is 2.19. The van der Waals surface area contributed by atoms with E-state index in [0.29, 0.717) is 0 Å². The van der Waals surface area contributed by atoms with Gasteiger partial charge in [-0.05, 0) is 38.3 Å². The fourth-order valence-corrected chi connectivity index (χ4v) is 3.17. The van der Waals surface area contributed by atoms with Crippen molar-refractivity contribution in [2.45, 2.75) is 46.2 Å². The van der Waals surface area contributed by atoms with Crippen LogP contribution in [-0.4, -0.2) is 15.6 Å². The second kappa shape index (κ2) is 4.49.